The maximum atomic E-state index is 14.0. The number of benzene rings is 2. The lowest BCUT2D eigenvalue weighted by molar-refractivity contribution is -0.127. The number of amides is 2. The number of rotatable bonds is 9. The number of hydrogen-bond donors (Lipinski definition) is 1. The summed E-state index contributed by atoms with van der Waals surface area (Å²) in [5, 5.41) is 16.8. The summed E-state index contributed by atoms with van der Waals surface area (Å²) in [6.07, 6.45) is 0.267. The van der Waals surface area contributed by atoms with Gasteiger partial charge in [-0.15, -0.1) is 21.5 Å². The molecule has 0 spiro atoms. The third-order valence-corrected chi connectivity index (χ3v) is 6.07. The smallest absolute Gasteiger partial charge is 0.251 e. The van der Waals surface area contributed by atoms with Crippen LogP contribution in [0.5, 0.6) is 0 Å². The zero-order valence-electron chi connectivity index (χ0n) is 18.8. The molecule has 0 unspecified atom stereocenters. The Bertz CT molecular complexity index is 1290. The van der Waals surface area contributed by atoms with Gasteiger partial charge in [0.1, 0.15) is 24.2 Å². The van der Waals surface area contributed by atoms with Gasteiger partial charge in [0.2, 0.25) is 11.7 Å². The molecule has 4 aromatic rings. The molecule has 0 aliphatic carbocycles. The molecule has 1 atom stereocenters. The van der Waals surface area contributed by atoms with E-state index in [1.165, 1.54) is 46.6 Å². The van der Waals surface area contributed by atoms with Crippen LogP contribution in [0.2, 0.25) is 0 Å². The Hall–Kier alpha value is -3.99. The monoisotopic (exact) mass is 496 g/mol. The molecule has 0 radical (unpaired) electrons. The van der Waals surface area contributed by atoms with Gasteiger partial charge in [0, 0.05) is 12.2 Å². The quantitative estimate of drug-likeness (QED) is 0.380. The third-order valence-electron chi connectivity index (χ3n) is 5.21. The molecule has 0 aliphatic rings. The van der Waals surface area contributed by atoms with Crippen LogP contribution in [0.4, 0.5) is 14.5 Å². The maximum absolute atomic E-state index is 14.0. The van der Waals surface area contributed by atoms with Crippen LogP contribution in [0, 0.1) is 11.6 Å². The standard InChI is InChI=1S/C24H22F2N6O2S/c1-2-20(24(34)27-14-16-8-10-17(25)11-9-16)32(19-6-3-5-18(26)13-19)22(33)15-31-29-23(28-30-31)21-7-4-12-35-21/h3-13,20H,2,14-15H2,1H3,(H,27,34)/t20-/m0/s1. The Morgan fingerprint density at radius 1 is 1.09 bits per heavy atom. The van der Waals surface area contributed by atoms with E-state index in [-0.39, 0.29) is 31.0 Å². The number of anilines is 1. The van der Waals surface area contributed by atoms with Crippen LogP contribution in [-0.4, -0.2) is 38.1 Å². The van der Waals surface area contributed by atoms with E-state index in [9.17, 15) is 18.4 Å². The van der Waals surface area contributed by atoms with Crippen LogP contribution in [0.25, 0.3) is 10.7 Å². The van der Waals surface area contributed by atoms with Crippen LogP contribution >= 0.6 is 11.3 Å². The first-order valence-electron chi connectivity index (χ1n) is 10.9. The summed E-state index contributed by atoms with van der Waals surface area (Å²) in [5.41, 5.74) is 0.934. The zero-order valence-corrected chi connectivity index (χ0v) is 19.6. The number of carbonyl (C=O) groups excluding carboxylic acids is 2. The Labute approximate surface area is 204 Å². The minimum absolute atomic E-state index is 0.148. The molecular weight excluding hydrogens is 474 g/mol. The van der Waals surface area contributed by atoms with E-state index < -0.39 is 23.7 Å². The highest BCUT2D eigenvalue weighted by atomic mass is 32.1. The maximum Gasteiger partial charge on any atom is 0.251 e. The van der Waals surface area contributed by atoms with E-state index in [1.807, 2.05) is 17.5 Å². The highest BCUT2D eigenvalue weighted by Gasteiger charge is 2.30. The van der Waals surface area contributed by atoms with Gasteiger partial charge in [-0.05, 0) is 59.0 Å². The highest BCUT2D eigenvalue weighted by molar-refractivity contribution is 7.13. The van der Waals surface area contributed by atoms with Crippen LogP contribution in [0.15, 0.2) is 66.0 Å². The fourth-order valence-corrected chi connectivity index (χ4v) is 4.18. The molecule has 180 valence electrons. The number of aromatic nitrogens is 4. The Morgan fingerprint density at radius 3 is 2.57 bits per heavy atom. The van der Waals surface area contributed by atoms with Crippen molar-refractivity contribution in [1.82, 2.24) is 25.5 Å². The van der Waals surface area contributed by atoms with E-state index in [2.05, 4.69) is 20.7 Å². The normalized spacial score (nSPS) is 11.7. The first-order chi connectivity index (χ1) is 16.9. The molecule has 0 saturated carbocycles. The molecule has 8 nitrogen and oxygen atoms in total. The third kappa shape index (κ3) is 5.93. The Morgan fingerprint density at radius 2 is 1.89 bits per heavy atom. The van der Waals surface area contributed by atoms with Gasteiger partial charge in [-0.25, -0.2) is 8.78 Å². The number of nitrogens with one attached hydrogen (secondary N) is 1. The average molecular weight is 497 g/mol. The molecule has 0 aliphatic heterocycles. The molecule has 4 rings (SSSR count). The summed E-state index contributed by atoms with van der Waals surface area (Å²) in [6.45, 7) is 1.61. The minimum Gasteiger partial charge on any atom is -0.350 e. The Balaban J connectivity index is 1.55. The fourth-order valence-electron chi connectivity index (χ4n) is 3.53. The van der Waals surface area contributed by atoms with Crippen molar-refractivity contribution in [3.8, 4) is 10.7 Å². The average Bonchev–Trinajstić information content (AvgIpc) is 3.54. The van der Waals surface area contributed by atoms with E-state index >= 15 is 0 Å². The van der Waals surface area contributed by atoms with E-state index in [4.69, 9.17) is 0 Å². The molecule has 2 aromatic carbocycles. The van der Waals surface area contributed by atoms with Crippen molar-refractivity contribution in [2.45, 2.75) is 32.5 Å². The van der Waals surface area contributed by atoms with Crippen LogP contribution in [0.3, 0.4) is 0 Å². The second kappa shape index (κ2) is 11.0. The number of nitrogens with zero attached hydrogens (tertiary/aromatic N) is 5. The van der Waals surface area contributed by atoms with Crippen molar-refractivity contribution >= 4 is 28.8 Å². The van der Waals surface area contributed by atoms with Gasteiger partial charge in [0.05, 0.1) is 4.88 Å². The topological polar surface area (TPSA) is 93.0 Å². The van der Waals surface area contributed by atoms with E-state index in [0.29, 0.717) is 11.4 Å². The summed E-state index contributed by atoms with van der Waals surface area (Å²) in [6, 6.07) is 14.0. The van der Waals surface area contributed by atoms with Crippen molar-refractivity contribution in [2.24, 2.45) is 0 Å². The van der Waals surface area contributed by atoms with Crippen molar-refractivity contribution < 1.29 is 18.4 Å². The summed E-state index contributed by atoms with van der Waals surface area (Å²) in [7, 11) is 0. The number of carbonyl (C=O) groups is 2. The summed E-state index contributed by atoms with van der Waals surface area (Å²) >= 11 is 1.44. The fraction of sp³-hybridized carbons (Fsp3) is 0.208. The molecule has 0 fully saturated rings. The van der Waals surface area contributed by atoms with Gasteiger partial charge < -0.3 is 5.32 Å². The highest BCUT2D eigenvalue weighted by Crippen LogP contribution is 2.22. The Kier molecular flexibility index (Phi) is 7.56. The molecule has 0 saturated heterocycles. The number of thiophene rings is 1. The molecule has 2 aromatic heterocycles. The minimum atomic E-state index is -0.926. The van der Waals surface area contributed by atoms with Crippen molar-refractivity contribution in [1.29, 1.82) is 0 Å². The van der Waals surface area contributed by atoms with Gasteiger partial charge in [0.15, 0.2) is 0 Å². The van der Waals surface area contributed by atoms with Crippen molar-refractivity contribution in [3.05, 3.63) is 83.2 Å². The first-order valence-corrected chi connectivity index (χ1v) is 11.7. The van der Waals surface area contributed by atoms with Gasteiger partial charge in [-0.3, -0.25) is 14.5 Å². The molecule has 2 heterocycles. The van der Waals surface area contributed by atoms with Crippen LogP contribution in [-0.2, 0) is 22.7 Å². The lowest BCUT2D eigenvalue weighted by atomic mass is 10.1. The second-order valence-electron chi connectivity index (χ2n) is 7.63. The number of tetrazole rings is 1. The molecule has 2 amide bonds. The predicted octanol–water partition coefficient (Wildman–Crippen LogP) is 3.81. The van der Waals surface area contributed by atoms with Gasteiger partial charge in [-0.1, -0.05) is 31.2 Å². The van der Waals surface area contributed by atoms with Crippen LogP contribution in [0.1, 0.15) is 18.9 Å². The van der Waals surface area contributed by atoms with Gasteiger partial charge in [-0.2, -0.15) is 4.80 Å². The van der Waals surface area contributed by atoms with Crippen LogP contribution < -0.4 is 10.2 Å². The zero-order chi connectivity index (χ0) is 24.8. The second-order valence-corrected chi connectivity index (χ2v) is 8.58. The summed E-state index contributed by atoms with van der Waals surface area (Å²) in [5.74, 6) is -1.47. The summed E-state index contributed by atoms with van der Waals surface area (Å²) < 4.78 is 27.2. The molecule has 35 heavy (non-hydrogen) atoms. The van der Waals surface area contributed by atoms with E-state index in [1.54, 1.807) is 25.1 Å². The van der Waals surface area contributed by atoms with Gasteiger partial charge >= 0.3 is 0 Å². The largest absolute Gasteiger partial charge is 0.350 e. The van der Waals surface area contributed by atoms with Crippen molar-refractivity contribution in [2.75, 3.05) is 4.90 Å². The number of halogens is 2. The SMILES string of the molecule is CC[C@@H](C(=O)NCc1ccc(F)cc1)N(C(=O)Cn1nnc(-c2cccs2)n1)c1cccc(F)c1. The molecule has 11 heteroatoms. The molecular formula is C24H22F2N6O2S. The predicted molar refractivity (Wildman–Crippen MR) is 127 cm³/mol. The number of hydrogen-bond acceptors (Lipinski definition) is 6. The van der Waals surface area contributed by atoms with E-state index in [0.717, 1.165) is 9.67 Å². The van der Waals surface area contributed by atoms with Gasteiger partial charge in [0.25, 0.3) is 5.91 Å². The van der Waals surface area contributed by atoms with Crippen molar-refractivity contribution in [3.63, 3.8) is 0 Å². The lowest BCUT2D eigenvalue weighted by Gasteiger charge is -2.30. The summed E-state index contributed by atoms with van der Waals surface area (Å²) in [4.78, 5) is 29.7. The molecule has 1 N–H and O–H groups in total. The first kappa shape index (κ1) is 24.1. The molecule has 0 bridgehead atoms. The lowest BCUT2D eigenvalue weighted by Crippen LogP contribution is -2.50.